The van der Waals surface area contributed by atoms with Crippen molar-refractivity contribution >= 4 is 0 Å². The Morgan fingerprint density at radius 2 is 2.38 bits per heavy atom. The van der Waals surface area contributed by atoms with Crippen molar-refractivity contribution < 1.29 is 9.84 Å². The lowest BCUT2D eigenvalue weighted by Crippen LogP contribution is -2.32. The van der Waals surface area contributed by atoms with Gasteiger partial charge in [0.25, 0.3) is 0 Å². The van der Waals surface area contributed by atoms with Crippen LogP contribution in [0.25, 0.3) is 0 Å². The first-order valence-electron chi connectivity index (χ1n) is 5.24. The summed E-state index contributed by atoms with van der Waals surface area (Å²) in [7, 11) is 0. The van der Waals surface area contributed by atoms with E-state index in [0.717, 1.165) is 26.0 Å². The Labute approximate surface area is 80.5 Å². The molecule has 1 aliphatic rings. The van der Waals surface area contributed by atoms with E-state index in [0.29, 0.717) is 18.6 Å². The number of aliphatic hydroxyl groups is 1. The molecule has 13 heavy (non-hydrogen) atoms. The van der Waals surface area contributed by atoms with Gasteiger partial charge < -0.3 is 15.2 Å². The summed E-state index contributed by atoms with van der Waals surface area (Å²) in [6, 6.07) is 0. The third-order valence-electron chi connectivity index (χ3n) is 2.59. The zero-order valence-corrected chi connectivity index (χ0v) is 8.62. The van der Waals surface area contributed by atoms with Gasteiger partial charge in [0, 0.05) is 19.7 Å². The molecule has 3 nitrogen and oxygen atoms in total. The van der Waals surface area contributed by atoms with Crippen molar-refractivity contribution in [3.8, 4) is 0 Å². The monoisotopic (exact) mass is 187 g/mol. The molecule has 1 heterocycles. The van der Waals surface area contributed by atoms with Crippen molar-refractivity contribution in [3.05, 3.63) is 0 Å². The Hall–Kier alpha value is -0.120. The molecule has 0 saturated carbocycles. The quantitative estimate of drug-likeness (QED) is 0.668. The van der Waals surface area contributed by atoms with Gasteiger partial charge in [-0.2, -0.15) is 0 Å². The summed E-state index contributed by atoms with van der Waals surface area (Å²) in [4.78, 5) is 0. The van der Waals surface area contributed by atoms with Crippen LogP contribution < -0.4 is 5.32 Å². The maximum Gasteiger partial charge on any atom is 0.0636 e. The molecule has 0 aromatic heterocycles. The summed E-state index contributed by atoms with van der Waals surface area (Å²) < 4.78 is 5.57. The molecule has 78 valence electrons. The Kier molecular flexibility index (Phi) is 4.70. The molecule has 1 saturated heterocycles. The van der Waals surface area contributed by atoms with Crippen LogP contribution in [0.5, 0.6) is 0 Å². The Morgan fingerprint density at radius 1 is 1.62 bits per heavy atom. The Bertz CT molecular complexity index is 139. The number of ether oxygens (including phenoxy) is 1. The van der Waals surface area contributed by atoms with E-state index >= 15 is 0 Å². The maximum atomic E-state index is 9.06. The van der Waals surface area contributed by atoms with Gasteiger partial charge in [0.15, 0.2) is 0 Å². The first kappa shape index (κ1) is 11.0. The van der Waals surface area contributed by atoms with E-state index in [4.69, 9.17) is 9.84 Å². The lowest BCUT2D eigenvalue weighted by Gasteiger charge is -2.17. The fourth-order valence-electron chi connectivity index (χ4n) is 1.86. The fourth-order valence-corrected chi connectivity index (χ4v) is 1.86. The van der Waals surface area contributed by atoms with Crippen LogP contribution in [-0.2, 0) is 4.74 Å². The predicted octanol–water partition coefficient (Wildman–Crippen LogP) is 0.772. The average molecular weight is 187 g/mol. The molecule has 1 fully saturated rings. The summed E-state index contributed by atoms with van der Waals surface area (Å²) in [5.41, 5.74) is 0. The molecule has 0 amide bonds. The Morgan fingerprint density at radius 3 is 3.00 bits per heavy atom. The molecule has 1 rings (SSSR count). The second-order valence-electron chi connectivity index (χ2n) is 3.87. The summed E-state index contributed by atoms with van der Waals surface area (Å²) in [5.74, 6) is 0.642. The van der Waals surface area contributed by atoms with Crippen molar-refractivity contribution in [1.29, 1.82) is 0 Å². The molecular formula is C10H21NO2. The minimum absolute atomic E-state index is 0.248. The van der Waals surface area contributed by atoms with Gasteiger partial charge in [0.05, 0.1) is 12.2 Å². The number of hydrogen-bond donors (Lipinski definition) is 2. The number of hydrogen-bond acceptors (Lipinski definition) is 3. The number of rotatable bonds is 5. The lowest BCUT2D eigenvalue weighted by atomic mass is 10.00. The van der Waals surface area contributed by atoms with E-state index in [-0.39, 0.29) is 6.10 Å². The summed E-state index contributed by atoms with van der Waals surface area (Å²) >= 11 is 0. The topological polar surface area (TPSA) is 41.5 Å². The third-order valence-corrected chi connectivity index (χ3v) is 2.59. The molecule has 0 aliphatic carbocycles. The number of nitrogens with one attached hydrogen (secondary N) is 1. The second-order valence-corrected chi connectivity index (χ2v) is 3.87. The molecule has 0 spiro atoms. The highest BCUT2D eigenvalue weighted by Crippen LogP contribution is 2.22. The van der Waals surface area contributed by atoms with E-state index in [1.807, 2.05) is 0 Å². The smallest absolute Gasteiger partial charge is 0.0636 e. The van der Waals surface area contributed by atoms with Crippen LogP contribution in [0, 0.1) is 5.92 Å². The molecule has 2 N–H and O–H groups in total. The second kappa shape index (κ2) is 5.58. The largest absolute Gasteiger partial charge is 0.392 e. The van der Waals surface area contributed by atoms with Crippen LogP contribution >= 0.6 is 0 Å². The highest BCUT2D eigenvalue weighted by molar-refractivity contribution is 4.77. The number of aliphatic hydroxyl groups excluding tert-OH is 1. The van der Waals surface area contributed by atoms with E-state index in [1.54, 1.807) is 6.92 Å². The average Bonchev–Trinajstić information content (AvgIpc) is 2.51. The van der Waals surface area contributed by atoms with E-state index in [1.165, 1.54) is 0 Å². The summed E-state index contributed by atoms with van der Waals surface area (Å²) in [6.07, 6.45) is 2.44. The SMILES string of the molecule is CCC1OCCC1CNC[C@H](C)O. The van der Waals surface area contributed by atoms with Gasteiger partial charge in [-0.25, -0.2) is 0 Å². The third kappa shape index (κ3) is 3.63. The van der Waals surface area contributed by atoms with Gasteiger partial charge in [-0.05, 0) is 25.7 Å². The van der Waals surface area contributed by atoms with Crippen LogP contribution in [0.15, 0.2) is 0 Å². The highest BCUT2D eigenvalue weighted by Gasteiger charge is 2.25. The van der Waals surface area contributed by atoms with Gasteiger partial charge in [0.1, 0.15) is 0 Å². The molecule has 0 aromatic carbocycles. The van der Waals surface area contributed by atoms with Gasteiger partial charge in [0.2, 0.25) is 0 Å². The maximum absolute atomic E-state index is 9.06. The minimum atomic E-state index is -0.248. The lowest BCUT2D eigenvalue weighted by molar-refractivity contribution is 0.0861. The fraction of sp³-hybridized carbons (Fsp3) is 1.00. The van der Waals surface area contributed by atoms with Crippen LogP contribution in [0.4, 0.5) is 0 Å². The van der Waals surface area contributed by atoms with Crippen LogP contribution in [-0.4, -0.2) is 37.0 Å². The van der Waals surface area contributed by atoms with Crippen LogP contribution in [0.3, 0.4) is 0 Å². The van der Waals surface area contributed by atoms with Crippen LogP contribution in [0.1, 0.15) is 26.7 Å². The molecular weight excluding hydrogens is 166 g/mol. The Balaban J connectivity index is 2.13. The molecule has 0 bridgehead atoms. The van der Waals surface area contributed by atoms with Crippen molar-refractivity contribution in [2.45, 2.75) is 38.9 Å². The molecule has 2 unspecified atom stereocenters. The van der Waals surface area contributed by atoms with E-state index in [9.17, 15) is 0 Å². The van der Waals surface area contributed by atoms with E-state index < -0.39 is 0 Å². The van der Waals surface area contributed by atoms with E-state index in [2.05, 4.69) is 12.2 Å². The summed E-state index contributed by atoms with van der Waals surface area (Å²) in [5, 5.41) is 12.3. The van der Waals surface area contributed by atoms with Crippen molar-refractivity contribution in [1.82, 2.24) is 5.32 Å². The molecule has 3 heteroatoms. The van der Waals surface area contributed by atoms with Gasteiger partial charge in [-0.15, -0.1) is 0 Å². The highest BCUT2D eigenvalue weighted by atomic mass is 16.5. The first-order chi connectivity index (χ1) is 6.24. The zero-order valence-electron chi connectivity index (χ0n) is 8.62. The molecule has 0 aromatic rings. The molecule has 1 aliphatic heterocycles. The molecule has 0 radical (unpaired) electrons. The normalized spacial score (nSPS) is 30.7. The van der Waals surface area contributed by atoms with Crippen molar-refractivity contribution in [2.24, 2.45) is 5.92 Å². The van der Waals surface area contributed by atoms with Crippen LogP contribution in [0.2, 0.25) is 0 Å². The zero-order chi connectivity index (χ0) is 9.68. The predicted molar refractivity (Wildman–Crippen MR) is 52.7 cm³/mol. The van der Waals surface area contributed by atoms with Crippen molar-refractivity contribution in [3.63, 3.8) is 0 Å². The van der Waals surface area contributed by atoms with Crippen molar-refractivity contribution in [2.75, 3.05) is 19.7 Å². The molecule has 3 atom stereocenters. The van der Waals surface area contributed by atoms with Gasteiger partial charge in [-0.3, -0.25) is 0 Å². The summed E-state index contributed by atoms with van der Waals surface area (Å²) in [6.45, 7) is 6.53. The standard InChI is InChI=1S/C10H21NO2/c1-3-10-9(4-5-13-10)7-11-6-8(2)12/h8-12H,3-7H2,1-2H3/t8-,9?,10?/m0/s1. The first-order valence-corrected chi connectivity index (χ1v) is 5.24. The van der Waals surface area contributed by atoms with Gasteiger partial charge in [-0.1, -0.05) is 6.92 Å². The minimum Gasteiger partial charge on any atom is -0.392 e. The van der Waals surface area contributed by atoms with Gasteiger partial charge >= 0.3 is 0 Å².